The van der Waals surface area contributed by atoms with Crippen molar-refractivity contribution in [3.8, 4) is 0 Å². The molecule has 0 bridgehead atoms. The van der Waals surface area contributed by atoms with E-state index in [1.807, 2.05) is 14.1 Å². The van der Waals surface area contributed by atoms with E-state index in [0.717, 1.165) is 18.7 Å². The van der Waals surface area contributed by atoms with E-state index in [1.165, 1.54) is 36.2 Å². The van der Waals surface area contributed by atoms with Crippen LogP contribution in [0.4, 0.5) is 10.1 Å². The number of rotatable bonds is 7. The van der Waals surface area contributed by atoms with E-state index in [4.69, 9.17) is 0 Å². The summed E-state index contributed by atoms with van der Waals surface area (Å²) in [6.07, 6.45) is 2.68. The van der Waals surface area contributed by atoms with E-state index in [1.54, 1.807) is 12.1 Å². The molecule has 1 saturated heterocycles. The molecule has 0 aliphatic carbocycles. The molecular formula is C22H28FN3O. The Kier molecular flexibility index (Phi) is 6.45. The van der Waals surface area contributed by atoms with Gasteiger partial charge in [0.1, 0.15) is 5.82 Å². The summed E-state index contributed by atoms with van der Waals surface area (Å²) in [5, 5.41) is 3.07. The highest BCUT2D eigenvalue weighted by molar-refractivity contribution is 5.78. The van der Waals surface area contributed by atoms with E-state index in [9.17, 15) is 9.18 Å². The third kappa shape index (κ3) is 5.30. The van der Waals surface area contributed by atoms with Gasteiger partial charge in [0.25, 0.3) is 0 Å². The Morgan fingerprint density at radius 2 is 1.70 bits per heavy atom. The van der Waals surface area contributed by atoms with Crippen molar-refractivity contribution in [3.05, 3.63) is 65.5 Å². The number of carbonyl (C=O) groups excluding carboxylic acids is 1. The van der Waals surface area contributed by atoms with Gasteiger partial charge in [0.2, 0.25) is 5.91 Å². The number of carbonyl (C=O) groups is 1. The van der Waals surface area contributed by atoms with Crippen molar-refractivity contribution < 1.29 is 9.18 Å². The Labute approximate surface area is 161 Å². The molecule has 1 unspecified atom stereocenters. The number of hydrogen-bond donors (Lipinski definition) is 1. The molecule has 5 heteroatoms. The smallest absolute Gasteiger partial charge is 0.224 e. The van der Waals surface area contributed by atoms with Gasteiger partial charge in [-0.2, -0.15) is 0 Å². The maximum Gasteiger partial charge on any atom is 0.224 e. The highest BCUT2D eigenvalue weighted by Crippen LogP contribution is 2.26. The van der Waals surface area contributed by atoms with Crippen LogP contribution in [-0.2, 0) is 11.2 Å². The predicted octanol–water partition coefficient (Wildman–Crippen LogP) is 3.39. The molecule has 1 amide bonds. The van der Waals surface area contributed by atoms with Crippen molar-refractivity contribution >= 4 is 11.6 Å². The van der Waals surface area contributed by atoms with Crippen LogP contribution in [0, 0.1) is 5.82 Å². The molecule has 0 spiro atoms. The fourth-order valence-electron chi connectivity index (χ4n) is 3.57. The van der Waals surface area contributed by atoms with E-state index in [-0.39, 0.29) is 24.2 Å². The fraction of sp³-hybridized carbons (Fsp3) is 0.409. The van der Waals surface area contributed by atoms with Crippen LogP contribution in [-0.4, -0.2) is 44.5 Å². The summed E-state index contributed by atoms with van der Waals surface area (Å²) >= 11 is 0. The van der Waals surface area contributed by atoms with Crippen molar-refractivity contribution in [2.45, 2.75) is 25.3 Å². The Morgan fingerprint density at radius 1 is 1.07 bits per heavy atom. The number of likely N-dealkylation sites (tertiary alicyclic amines) is 1. The number of amides is 1. The van der Waals surface area contributed by atoms with E-state index in [2.05, 4.69) is 39.4 Å². The van der Waals surface area contributed by atoms with E-state index < -0.39 is 0 Å². The molecule has 1 fully saturated rings. The molecule has 3 rings (SSSR count). The summed E-state index contributed by atoms with van der Waals surface area (Å²) < 4.78 is 13.0. The van der Waals surface area contributed by atoms with Crippen molar-refractivity contribution in [1.82, 2.24) is 10.2 Å². The molecule has 2 aromatic rings. The normalized spacial score (nSPS) is 15.5. The number of halogens is 1. The van der Waals surface area contributed by atoms with Crippen LogP contribution < -0.4 is 10.2 Å². The largest absolute Gasteiger partial charge is 0.378 e. The van der Waals surface area contributed by atoms with Gasteiger partial charge >= 0.3 is 0 Å². The lowest BCUT2D eigenvalue weighted by Gasteiger charge is -2.28. The number of anilines is 1. The minimum Gasteiger partial charge on any atom is -0.378 e. The first-order valence-electron chi connectivity index (χ1n) is 9.55. The third-order valence-electron chi connectivity index (χ3n) is 5.15. The maximum absolute atomic E-state index is 13.0. The van der Waals surface area contributed by atoms with Gasteiger partial charge in [-0.05, 0) is 61.3 Å². The van der Waals surface area contributed by atoms with Gasteiger partial charge in [0.05, 0.1) is 12.5 Å². The zero-order valence-corrected chi connectivity index (χ0v) is 16.1. The van der Waals surface area contributed by atoms with Gasteiger partial charge in [-0.25, -0.2) is 4.39 Å². The minimum absolute atomic E-state index is 0.0317. The SMILES string of the molecule is CN(C)c1ccc(C(CNC(=O)Cc2ccc(F)cc2)N2CCCC2)cc1. The lowest BCUT2D eigenvalue weighted by atomic mass is 10.0. The number of nitrogens with zero attached hydrogens (tertiary/aromatic N) is 2. The van der Waals surface area contributed by atoms with Crippen molar-refractivity contribution in [2.24, 2.45) is 0 Å². The molecule has 1 atom stereocenters. The Bertz CT molecular complexity index is 737. The summed E-state index contributed by atoms with van der Waals surface area (Å²) in [6.45, 7) is 2.71. The monoisotopic (exact) mass is 369 g/mol. The Balaban J connectivity index is 1.64. The molecule has 2 aromatic carbocycles. The van der Waals surface area contributed by atoms with Gasteiger partial charge in [-0.1, -0.05) is 24.3 Å². The molecule has 1 N–H and O–H groups in total. The van der Waals surface area contributed by atoms with Gasteiger partial charge in [0, 0.05) is 26.3 Å². The molecule has 0 aromatic heterocycles. The average Bonchev–Trinajstić information content (AvgIpc) is 3.19. The number of hydrogen-bond acceptors (Lipinski definition) is 3. The molecule has 0 saturated carbocycles. The lowest BCUT2D eigenvalue weighted by Crippen LogP contribution is -2.37. The zero-order valence-electron chi connectivity index (χ0n) is 16.1. The summed E-state index contributed by atoms with van der Waals surface area (Å²) in [7, 11) is 4.06. The van der Waals surface area contributed by atoms with Crippen LogP contribution in [0.2, 0.25) is 0 Å². The van der Waals surface area contributed by atoms with Gasteiger partial charge in [0.15, 0.2) is 0 Å². The first-order valence-corrected chi connectivity index (χ1v) is 9.55. The molecule has 4 nitrogen and oxygen atoms in total. The minimum atomic E-state index is -0.283. The predicted molar refractivity (Wildman–Crippen MR) is 107 cm³/mol. The Morgan fingerprint density at radius 3 is 2.30 bits per heavy atom. The molecule has 27 heavy (non-hydrogen) atoms. The van der Waals surface area contributed by atoms with Crippen LogP contribution in [0.25, 0.3) is 0 Å². The first-order chi connectivity index (χ1) is 13.0. The van der Waals surface area contributed by atoms with Crippen molar-refractivity contribution in [3.63, 3.8) is 0 Å². The van der Waals surface area contributed by atoms with Gasteiger partial charge < -0.3 is 10.2 Å². The zero-order chi connectivity index (χ0) is 19.2. The number of benzene rings is 2. The second-order valence-electron chi connectivity index (χ2n) is 7.35. The van der Waals surface area contributed by atoms with E-state index >= 15 is 0 Å². The fourth-order valence-corrected chi connectivity index (χ4v) is 3.57. The number of nitrogens with one attached hydrogen (secondary N) is 1. The van der Waals surface area contributed by atoms with Crippen LogP contribution in [0.1, 0.15) is 30.0 Å². The summed E-state index contributed by atoms with van der Waals surface area (Å²) in [6, 6.07) is 14.8. The molecule has 1 aliphatic heterocycles. The van der Waals surface area contributed by atoms with Crippen LogP contribution in [0.15, 0.2) is 48.5 Å². The topological polar surface area (TPSA) is 35.6 Å². The van der Waals surface area contributed by atoms with Gasteiger partial charge in [-0.15, -0.1) is 0 Å². The molecule has 0 radical (unpaired) electrons. The summed E-state index contributed by atoms with van der Waals surface area (Å²) in [4.78, 5) is 16.9. The molecular weight excluding hydrogens is 341 g/mol. The van der Waals surface area contributed by atoms with Gasteiger partial charge in [-0.3, -0.25) is 9.69 Å². The third-order valence-corrected chi connectivity index (χ3v) is 5.15. The van der Waals surface area contributed by atoms with Crippen LogP contribution >= 0.6 is 0 Å². The Hall–Kier alpha value is -2.40. The standard InChI is InChI=1S/C22H28FN3O/c1-25(2)20-11-7-18(8-12-20)21(26-13-3-4-14-26)16-24-22(27)15-17-5-9-19(23)10-6-17/h5-12,21H,3-4,13-16H2,1-2H3,(H,24,27). The highest BCUT2D eigenvalue weighted by Gasteiger charge is 2.24. The average molecular weight is 369 g/mol. The summed E-state index contributed by atoms with van der Waals surface area (Å²) in [5.41, 5.74) is 3.21. The maximum atomic E-state index is 13.0. The second kappa shape index (κ2) is 9.00. The van der Waals surface area contributed by atoms with Crippen LogP contribution in [0.5, 0.6) is 0 Å². The van der Waals surface area contributed by atoms with E-state index in [0.29, 0.717) is 6.54 Å². The quantitative estimate of drug-likeness (QED) is 0.813. The molecule has 1 aliphatic rings. The van der Waals surface area contributed by atoms with Crippen molar-refractivity contribution in [1.29, 1.82) is 0 Å². The molecule has 144 valence electrons. The lowest BCUT2D eigenvalue weighted by molar-refractivity contribution is -0.120. The summed E-state index contributed by atoms with van der Waals surface area (Å²) in [5.74, 6) is -0.315. The van der Waals surface area contributed by atoms with Crippen molar-refractivity contribution in [2.75, 3.05) is 38.6 Å². The van der Waals surface area contributed by atoms with Crippen LogP contribution in [0.3, 0.4) is 0 Å². The first kappa shape index (κ1) is 19.4. The highest BCUT2D eigenvalue weighted by atomic mass is 19.1. The molecule has 1 heterocycles. The second-order valence-corrected chi connectivity index (χ2v) is 7.35.